The molecule has 0 saturated carbocycles. The topological polar surface area (TPSA) is 18.5 Å². The number of likely N-dealkylation sites (tertiary alicyclic amines) is 1. The first-order valence-electron chi connectivity index (χ1n) is 8.15. The lowest BCUT2D eigenvalue weighted by atomic mass is 10.0. The van der Waals surface area contributed by atoms with Gasteiger partial charge in [0.05, 0.1) is 0 Å². The first kappa shape index (κ1) is 15.5. The van der Waals surface area contributed by atoms with Gasteiger partial charge in [-0.05, 0) is 36.6 Å². The highest BCUT2D eigenvalue weighted by Gasteiger charge is 2.29. The summed E-state index contributed by atoms with van der Waals surface area (Å²) in [6.07, 6.45) is 1.34. The molecule has 3 nitrogen and oxygen atoms in total. The summed E-state index contributed by atoms with van der Waals surface area (Å²) in [5.74, 6) is 0.601. The molecule has 2 heterocycles. The van der Waals surface area contributed by atoms with Crippen LogP contribution in [0.15, 0.2) is 28.7 Å². The van der Waals surface area contributed by atoms with E-state index in [1.807, 2.05) is 0 Å². The van der Waals surface area contributed by atoms with Crippen molar-refractivity contribution in [2.75, 3.05) is 45.8 Å². The highest BCUT2D eigenvalue weighted by atomic mass is 79.9. The van der Waals surface area contributed by atoms with Crippen LogP contribution in [0.1, 0.15) is 24.8 Å². The summed E-state index contributed by atoms with van der Waals surface area (Å²) in [5, 5.41) is 3.45. The lowest BCUT2D eigenvalue weighted by Gasteiger charge is -2.33. The maximum absolute atomic E-state index is 3.58. The van der Waals surface area contributed by atoms with Crippen molar-refractivity contribution >= 4 is 15.9 Å². The summed E-state index contributed by atoms with van der Waals surface area (Å²) >= 11 is 3.58. The smallest absolute Gasteiger partial charge is 0.0236 e. The van der Waals surface area contributed by atoms with Gasteiger partial charge in [0.25, 0.3) is 0 Å². The average Bonchev–Trinajstić information content (AvgIpc) is 2.97. The maximum atomic E-state index is 3.58. The van der Waals surface area contributed by atoms with Gasteiger partial charge in [-0.2, -0.15) is 0 Å². The van der Waals surface area contributed by atoms with E-state index in [-0.39, 0.29) is 0 Å². The zero-order chi connectivity index (χ0) is 14.7. The Balaban J connectivity index is 1.52. The van der Waals surface area contributed by atoms with E-state index in [1.54, 1.807) is 0 Å². The molecule has 2 aliphatic heterocycles. The third-order valence-corrected chi connectivity index (χ3v) is 5.36. The Morgan fingerprint density at radius 1 is 1.29 bits per heavy atom. The predicted molar refractivity (Wildman–Crippen MR) is 91.8 cm³/mol. The van der Waals surface area contributed by atoms with E-state index in [4.69, 9.17) is 0 Å². The molecule has 0 amide bonds. The van der Waals surface area contributed by atoms with Crippen molar-refractivity contribution in [1.82, 2.24) is 15.1 Å². The van der Waals surface area contributed by atoms with Crippen molar-refractivity contribution < 1.29 is 0 Å². The average molecular weight is 352 g/mol. The minimum absolute atomic E-state index is 0.601. The summed E-state index contributed by atoms with van der Waals surface area (Å²) in [6, 6.07) is 9.53. The summed E-state index contributed by atoms with van der Waals surface area (Å²) in [4.78, 5) is 5.33. The fraction of sp³-hybridized carbons (Fsp3) is 0.647. The molecular formula is C17H26BrN3. The standard InChI is InChI=1S/C17H26BrN3/c1-14(15-3-2-4-16(18)11-15)12-20-8-5-17(13-20)21-9-6-19-7-10-21/h2-4,11,14,17,19H,5-10,12-13H2,1H3. The van der Waals surface area contributed by atoms with Crippen molar-refractivity contribution in [3.63, 3.8) is 0 Å². The lowest BCUT2D eigenvalue weighted by Crippen LogP contribution is -2.49. The molecule has 1 aromatic rings. The van der Waals surface area contributed by atoms with Crippen LogP contribution in [0.25, 0.3) is 0 Å². The van der Waals surface area contributed by atoms with Gasteiger partial charge in [-0.3, -0.25) is 4.90 Å². The van der Waals surface area contributed by atoms with E-state index in [2.05, 4.69) is 62.2 Å². The van der Waals surface area contributed by atoms with Gasteiger partial charge < -0.3 is 10.2 Å². The number of hydrogen-bond acceptors (Lipinski definition) is 3. The molecule has 3 rings (SSSR count). The number of piperazine rings is 1. The van der Waals surface area contributed by atoms with Crippen molar-refractivity contribution in [1.29, 1.82) is 0 Å². The number of halogens is 1. The molecule has 116 valence electrons. The van der Waals surface area contributed by atoms with Gasteiger partial charge in [0.15, 0.2) is 0 Å². The van der Waals surface area contributed by atoms with Crippen LogP contribution in [-0.2, 0) is 0 Å². The molecule has 2 fully saturated rings. The predicted octanol–water partition coefficient (Wildman–Crippen LogP) is 2.53. The Morgan fingerprint density at radius 3 is 2.86 bits per heavy atom. The van der Waals surface area contributed by atoms with Gasteiger partial charge in [-0.1, -0.05) is 35.0 Å². The molecule has 2 saturated heterocycles. The molecule has 4 heteroatoms. The molecule has 0 radical (unpaired) electrons. The lowest BCUT2D eigenvalue weighted by molar-refractivity contribution is 0.170. The Hall–Kier alpha value is -0.420. The zero-order valence-electron chi connectivity index (χ0n) is 12.9. The van der Waals surface area contributed by atoms with E-state index in [9.17, 15) is 0 Å². The molecular weight excluding hydrogens is 326 g/mol. The SMILES string of the molecule is CC(CN1CCC(N2CCNCC2)C1)c1cccc(Br)c1. The van der Waals surface area contributed by atoms with Gasteiger partial charge in [-0.25, -0.2) is 0 Å². The number of nitrogens with zero attached hydrogens (tertiary/aromatic N) is 2. The van der Waals surface area contributed by atoms with Gasteiger partial charge in [-0.15, -0.1) is 0 Å². The highest BCUT2D eigenvalue weighted by Crippen LogP contribution is 2.23. The molecule has 0 spiro atoms. The summed E-state index contributed by atoms with van der Waals surface area (Å²) in [7, 11) is 0. The van der Waals surface area contributed by atoms with Crippen LogP contribution in [0.3, 0.4) is 0 Å². The van der Waals surface area contributed by atoms with E-state index in [0.29, 0.717) is 5.92 Å². The van der Waals surface area contributed by atoms with Crippen LogP contribution >= 0.6 is 15.9 Å². The molecule has 1 aromatic carbocycles. The van der Waals surface area contributed by atoms with E-state index in [1.165, 1.54) is 49.2 Å². The molecule has 0 aromatic heterocycles. The van der Waals surface area contributed by atoms with Gasteiger partial charge >= 0.3 is 0 Å². The second-order valence-corrected chi connectivity index (χ2v) is 7.36. The van der Waals surface area contributed by atoms with E-state index >= 15 is 0 Å². The molecule has 0 aliphatic carbocycles. The summed E-state index contributed by atoms with van der Waals surface area (Å²) < 4.78 is 1.19. The largest absolute Gasteiger partial charge is 0.314 e. The number of benzene rings is 1. The van der Waals surface area contributed by atoms with Gasteiger partial charge in [0.1, 0.15) is 0 Å². The van der Waals surface area contributed by atoms with Crippen molar-refractivity contribution in [3.8, 4) is 0 Å². The molecule has 2 atom stereocenters. The van der Waals surface area contributed by atoms with Crippen LogP contribution in [0.5, 0.6) is 0 Å². The van der Waals surface area contributed by atoms with Crippen LogP contribution in [-0.4, -0.2) is 61.7 Å². The Kier molecular flexibility index (Phi) is 5.33. The van der Waals surface area contributed by atoms with Crippen LogP contribution < -0.4 is 5.32 Å². The monoisotopic (exact) mass is 351 g/mol. The van der Waals surface area contributed by atoms with Crippen LogP contribution in [0.2, 0.25) is 0 Å². The molecule has 2 unspecified atom stereocenters. The first-order chi connectivity index (χ1) is 10.2. The third-order valence-electron chi connectivity index (χ3n) is 4.87. The third kappa shape index (κ3) is 4.07. The zero-order valence-corrected chi connectivity index (χ0v) is 14.5. The van der Waals surface area contributed by atoms with E-state index < -0.39 is 0 Å². The van der Waals surface area contributed by atoms with Crippen molar-refractivity contribution in [2.24, 2.45) is 0 Å². The highest BCUT2D eigenvalue weighted by molar-refractivity contribution is 9.10. The normalized spacial score (nSPS) is 26.1. The van der Waals surface area contributed by atoms with Crippen LogP contribution in [0, 0.1) is 0 Å². The number of rotatable bonds is 4. The molecule has 2 aliphatic rings. The second kappa shape index (κ2) is 7.23. The first-order valence-corrected chi connectivity index (χ1v) is 8.94. The molecule has 21 heavy (non-hydrogen) atoms. The second-order valence-electron chi connectivity index (χ2n) is 6.44. The minimum atomic E-state index is 0.601. The Bertz CT molecular complexity index is 459. The molecule has 1 N–H and O–H groups in total. The number of hydrogen-bond donors (Lipinski definition) is 1. The van der Waals surface area contributed by atoms with Gasteiger partial charge in [0.2, 0.25) is 0 Å². The fourth-order valence-corrected chi connectivity index (χ4v) is 4.05. The summed E-state index contributed by atoms with van der Waals surface area (Å²) in [6.45, 7) is 10.8. The maximum Gasteiger partial charge on any atom is 0.0236 e. The quantitative estimate of drug-likeness (QED) is 0.899. The fourth-order valence-electron chi connectivity index (χ4n) is 3.63. The van der Waals surface area contributed by atoms with Crippen molar-refractivity contribution in [3.05, 3.63) is 34.3 Å². The van der Waals surface area contributed by atoms with Gasteiger partial charge in [0, 0.05) is 49.8 Å². The van der Waals surface area contributed by atoms with Crippen LogP contribution in [0.4, 0.5) is 0 Å². The van der Waals surface area contributed by atoms with E-state index in [0.717, 1.165) is 19.1 Å². The number of nitrogens with one attached hydrogen (secondary N) is 1. The van der Waals surface area contributed by atoms with Crippen molar-refractivity contribution in [2.45, 2.75) is 25.3 Å². The Morgan fingerprint density at radius 2 is 2.10 bits per heavy atom. The summed E-state index contributed by atoms with van der Waals surface area (Å²) in [5.41, 5.74) is 1.44. The Labute approximate surface area is 136 Å². The molecule has 0 bridgehead atoms. The minimum Gasteiger partial charge on any atom is -0.314 e.